The van der Waals surface area contributed by atoms with Crippen LogP contribution in [0.15, 0.2) is 42.7 Å². The number of piperidine rings is 2. The van der Waals surface area contributed by atoms with E-state index in [1.165, 1.54) is 6.07 Å². The number of carbonyl (C=O) groups is 5. The van der Waals surface area contributed by atoms with E-state index in [1.807, 2.05) is 11.0 Å². The number of halogens is 2. The first-order valence-corrected chi connectivity index (χ1v) is 20.7. The van der Waals surface area contributed by atoms with Crippen LogP contribution in [0.4, 0.5) is 15.9 Å². The lowest BCUT2D eigenvalue weighted by Crippen LogP contribution is -2.54. The number of carbonyl (C=O) groups excluding carboxylic acids is 5. The fourth-order valence-electron chi connectivity index (χ4n) is 10.4. The first-order chi connectivity index (χ1) is 28.5. The number of rotatable bonds is 9. The van der Waals surface area contributed by atoms with Gasteiger partial charge in [-0.1, -0.05) is 11.6 Å². The molecule has 15 nitrogen and oxygen atoms in total. The lowest BCUT2D eigenvalue weighted by molar-refractivity contribution is -0.136. The van der Waals surface area contributed by atoms with Gasteiger partial charge in [0.1, 0.15) is 35.2 Å². The minimum atomic E-state index is -1.10. The second kappa shape index (κ2) is 14.6. The Morgan fingerprint density at radius 3 is 2.37 bits per heavy atom. The van der Waals surface area contributed by atoms with Crippen molar-refractivity contribution < 1.29 is 33.1 Å². The Bertz CT molecular complexity index is 2320. The molecule has 2 saturated carbocycles. The van der Waals surface area contributed by atoms with Gasteiger partial charge in [0, 0.05) is 63.3 Å². The SMILES string of the molecule is N#Cc1ccc(O[C@H]2CC[C@H](NC(=O)c3cnc(N4CC5CC4CN5C[C@H]4[C@@H]5CN(c6cc7c(cc6F)C(=O)N(C6CCC(=O)NC6=O)C7=O)C[C@@H]54)cn3)CC2)cc1Cl. The van der Waals surface area contributed by atoms with Gasteiger partial charge in [-0.3, -0.25) is 39.1 Å². The third-order valence-electron chi connectivity index (χ3n) is 13.6. The summed E-state index contributed by atoms with van der Waals surface area (Å²) in [5, 5.41) is 14.7. The van der Waals surface area contributed by atoms with Gasteiger partial charge in [0.25, 0.3) is 17.7 Å². The average molecular weight is 822 g/mol. The van der Waals surface area contributed by atoms with E-state index in [2.05, 4.69) is 30.4 Å². The highest BCUT2D eigenvalue weighted by Gasteiger charge is 2.58. The summed E-state index contributed by atoms with van der Waals surface area (Å²) in [7, 11) is 0. The molecule has 2 bridgehead atoms. The van der Waals surface area contributed by atoms with E-state index in [0.717, 1.165) is 68.5 Å². The Balaban J connectivity index is 0.682. The Morgan fingerprint density at radius 1 is 0.949 bits per heavy atom. The van der Waals surface area contributed by atoms with Crippen molar-refractivity contribution >= 4 is 52.6 Å². The van der Waals surface area contributed by atoms with Gasteiger partial charge in [-0.05, 0) is 80.5 Å². The van der Waals surface area contributed by atoms with Gasteiger partial charge in [-0.15, -0.1) is 0 Å². The third-order valence-corrected chi connectivity index (χ3v) is 13.9. The molecule has 4 saturated heterocycles. The summed E-state index contributed by atoms with van der Waals surface area (Å²) in [6.45, 7) is 4.05. The largest absolute Gasteiger partial charge is 0.490 e. The van der Waals surface area contributed by atoms with E-state index in [1.54, 1.807) is 30.6 Å². The van der Waals surface area contributed by atoms with Crippen molar-refractivity contribution in [3.63, 3.8) is 0 Å². The quantitative estimate of drug-likeness (QED) is 0.301. The van der Waals surface area contributed by atoms with Crippen molar-refractivity contribution in [1.29, 1.82) is 5.26 Å². The van der Waals surface area contributed by atoms with Gasteiger partial charge in [0.2, 0.25) is 11.8 Å². The number of anilines is 2. The van der Waals surface area contributed by atoms with Crippen molar-refractivity contribution in [3.8, 4) is 11.8 Å². The number of imide groups is 2. The molecule has 17 heteroatoms. The van der Waals surface area contributed by atoms with Gasteiger partial charge < -0.3 is 19.9 Å². The normalized spacial score (nSPS) is 29.7. The molecule has 7 aliphatic rings. The van der Waals surface area contributed by atoms with Crippen LogP contribution in [0.5, 0.6) is 5.75 Å². The molecule has 5 aliphatic heterocycles. The molecule has 6 fully saturated rings. The average Bonchev–Trinajstić information content (AvgIpc) is 3.70. The van der Waals surface area contributed by atoms with Crippen LogP contribution in [0.25, 0.3) is 0 Å². The molecule has 1 aromatic heterocycles. The molecular formula is C42H41ClFN9O6. The number of nitriles is 1. The zero-order chi connectivity index (χ0) is 40.7. The minimum Gasteiger partial charge on any atom is -0.490 e. The second-order valence-corrected chi connectivity index (χ2v) is 17.3. The molecule has 6 atom stereocenters. The van der Waals surface area contributed by atoms with Crippen LogP contribution in [0.1, 0.15) is 81.7 Å². The van der Waals surface area contributed by atoms with Crippen LogP contribution in [-0.2, 0) is 9.59 Å². The summed E-state index contributed by atoms with van der Waals surface area (Å²) >= 11 is 6.15. The predicted molar refractivity (Wildman–Crippen MR) is 209 cm³/mol. The summed E-state index contributed by atoms with van der Waals surface area (Å²) in [6.07, 6.45) is 7.45. The Hall–Kier alpha value is -5.66. The first-order valence-electron chi connectivity index (χ1n) is 20.3. The molecular weight excluding hydrogens is 781 g/mol. The fraction of sp³-hybridized carbons (Fsp3) is 0.476. The highest BCUT2D eigenvalue weighted by molar-refractivity contribution is 6.31. The van der Waals surface area contributed by atoms with Crippen molar-refractivity contribution in [2.24, 2.45) is 17.8 Å². The number of likely N-dealkylation sites (tertiary alicyclic amines) is 1. The monoisotopic (exact) mass is 821 g/mol. The summed E-state index contributed by atoms with van der Waals surface area (Å²) in [5.41, 5.74) is 1.02. The van der Waals surface area contributed by atoms with Gasteiger partial charge in [-0.2, -0.15) is 5.26 Å². The topological polar surface area (TPSA) is 181 Å². The van der Waals surface area contributed by atoms with Crippen LogP contribution in [0.2, 0.25) is 5.02 Å². The number of nitrogens with zero attached hydrogens (tertiary/aromatic N) is 7. The zero-order valence-electron chi connectivity index (χ0n) is 32.0. The number of aromatic nitrogens is 2. The van der Waals surface area contributed by atoms with E-state index in [0.29, 0.717) is 64.9 Å². The zero-order valence-corrected chi connectivity index (χ0v) is 32.7. The summed E-state index contributed by atoms with van der Waals surface area (Å²) < 4.78 is 21.6. The molecule has 2 N–H and O–H groups in total. The van der Waals surface area contributed by atoms with Crippen LogP contribution in [0, 0.1) is 34.9 Å². The first kappa shape index (κ1) is 37.6. The summed E-state index contributed by atoms with van der Waals surface area (Å²) in [5.74, 6) is -0.584. The summed E-state index contributed by atoms with van der Waals surface area (Å²) in [4.78, 5) is 80.4. The molecule has 0 spiro atoms. The Labute approximate surface area is 343 Å². The van der Waals surface area contributed by atoms with Crippen molar-refractivity contribution in [3.05, 3.63) is 75.9 Å². The number of amides is 5. The van der Waals surface area contributed by atoms with Crippen molar-refractivity contribution in [2.75, 3.05) is 42.5 Å². The van der Waals surface area contributed by atoms with E-state index in [4.69, 9.17) is 21.6 Å². The maximum absolute atomic E-state index is 15.5. The molecule has 0 radical (unpaired) electrons. The predicted octanol–water partition coefficient (Wildman–Crippen LogP) is 3.31. The maximum atomic E-state index is 15.5. The van der Waals surface area contributed by atoms with Crippen LogP contribution < -0.4 is 25.2 Å². The molecule has 3 aromatic rings. The molecule has 2 aliphatic carbocycles. The molecule has 2 aromatic carbocycles. The van der Waals surface area contributed by atoms with E-state index in [-0.39, 0.29) is 47.7 Å². The maximum Gasteiger partial charge on any atom is 0.271 e. The second-order valence-electron chi connectivity index (χ2n) is 16.9. The van der Waals surface area contributed by atoms with Gasteiger partial charge in [0.15, 0.2) is 0 Å². The molecule has 3 unspecified atom stereocenters. The van der Waals surface area contributed by atoms with Gasteiger partial charge in [-0.25, -0.2) is 14.4 Å². The molecule has 304 valence electrons. The summed E-state index contributed by atoms with van der Waals surface area (Å²) in [6, 6.07) is 9.29. The molecule has 10 rings (SSSR count). The van der Waals surface area contributed by atoms with Gasteiger partial charge >= 0.3 is 0 Å². The number of hydrogen-bond donors (Lipinski definition) is 2. The number of benzene rings is 2. The van der Waals surface area contributed by atoms with E-state index >= 15 is 4.39 Å². The number of nitrogens with one attached hydrogen (secondary N) is 2. The minimum absolute atomic E-state index is 0.00680. The van der Waals surface area contributed by atoms with Crippen molar-refractivity contribution in [2.45, 2.75) is 75.2 Å². The van der Waals surface area contributed by atoms with Crippen LogP contribution in [-0.4, -0.2) is 112 Å². The molecule has 5 amide bonds. The highest BCUT2D eigenvalue weighted by Crippen LogP contribution is 2.54. The smallest absolute Gasteiger partial charge is 0.271 e. The Kier molecular flexibility index (Phi) is 9.28. The lowest BCUT2D eigenvalue weighted by Gasteiger charge is -2.35. The fourth-order valence-corrected chi connectivity index (χ4v) is 10.6. The van der Waals surface area contributed by atoms with Gasteiger partial charge in [0.05, 0.1) is 45.9 Å². The standard InChI is InChI=1S/C42H41ClFN9O6/c43-32-10-26(4-1-21(32)13-45)59-25-5-2-22(3-6-25)48-39(55)34-14-47-37(15-46-34)52-17-23-9-24(52)16-50(23)18-29-30-19-51(20-31(29)30)36-12-28-27(11-33(36)44)41(57)53(42(28)58)35-7-8-38(54)49-40(35)56/h1,4,10-12,14-15,22-25,29-31,35H,2-3,5-9,16-20H2,(H,48,55)(H,49,54,56)/t22-,23?,24?,25-,29-,30-,31+,35?. The Morgan fingerprint density at radius 2 is 1.71 bits per heavy atom. The van der Waals surface area contributed by atoms with Crippen molar-refractivity contribution in [1.82, 2.24) is 30.4 Å². The molecule has 6 heterocycles. The number of hydrogen-bond acceptors (Lipinski definition) is 12. The van der Waals surface area contributed by atoms with E-state index in [9.17, 15) is 24.0 Å². The lowest BCUT2D eigenvalue weighted by atomic mass is 9.93. The van der Waals surface area contributed by atoms with Crippen LogP contribution in [0.3, 0.4) is 0 Å². The molecule has 59 heavy (non-hydrogen) atoms. The van der Waals surface area contributed by atoms with Crippen LogP contribution >= 0.6 is 11.6 Å². The highest BCUT2D eigenvalue weighted by atomic mass is 35.5. The van der Waals surface area contributed by atoms with E-state index < -0.39 is 35.5 Å². The third kappa shape index (κ3) is 6.73. The number of fused-ring (bicyclic) bond motifs is 4. The number of ether oxygens (including phenoxy) is 1. The number of piperazine rings is 1.